The van der Waals surface area contributed by atoms with Gasteiger partial charge in [-0.05, 0) is 44.5 Å². The first-order valence-corrected chi connectivity index (χ1v) is 6.17. The second kappa shape index (κ2) is 5.23. The standard InChI is InChI=1S/C14H20N4/c1-14(2,15)7-9-16-12-5-3-6-13(11-12)18-10-4-8-17-18/h3-6,8,10-11,16H,7,9,15H2,1-2H3. The summed E-state index contributed by atoms with van der Waals surface area (Å²) in [7, 11) is 0. The van der Waals surface area contributed by atoms with Crippen LogP contribution >= 0.6 is 0 Å². The van der Waals surface area contributed by atoms with Gasteiger partial charge in [0.1, 0.15) is 0 Å². The fourth-order valence-corrected chi connectivity index (χ4v) is 1.71. The molecular formula is C14H20N4. The molecule has 0 saturated carbocycles. The van der Waals surface area contributed by atoms with Gasteiger partial charge in [0, 0.05) is 30.2 Å². The van der Waals surface area contributed by atoms with Crippen LogP contribution in [0.1, 0.15) is 20.3 Å². The summed E-state index contributed by atoms with van der Waals surface area (Å²) in [4.78, 5) is 0. The summed E-state index contributed by atoms with van der Waals surface area (Å²) in [5.41, 5.74) is 7.96. The molecule has 18 heavy (non-hydrogen) atoms. The van der Waals surface area contributed by atoms with Crippen LogP contribution in [0.4, 0.5) is 5.69 Å². The van der Waals surface area contributed by atoms with Crippen molar-refractivity contribution in [1.82, 2.24) is 9.78 Å². The van der Waals surface area contributed by atoms with E-state index in [0.717, 1.165) is 24.3 Å². The molecule has 0 bridgehead atoms. The van der Waals surface area contributed by atoms with Crippen molar-refractivity contribution in [3.63, 3.8) is 0 Å². The van der Waals surface area contributed by atoms with Crippen molar-refractivity contribution in [3.05, 3.63) is 42.7 Å². The molecule has 0 radical (unpaired) electrons. The summed E-state index contributed by atoms with van der Waals surface area (Å²) >= 11 is 0. The highest BCUT2D eigenvalue weighted by molar-refractivity contribution is 5.50. The zero-order valence-corrected chi connectivity index (χ0v) is 10.9. The van der Waals surface area contributed by atoms with Crippen molar-refractivity contribution in [2.75, 3.05) is 11.9 Å². The van der Waals surface area contributed by atoms with Crippen LogP contribution < -0.4 is 11.1 Å². The highest BCUT2D eigenvalue weighted by Gasteiger charge is 2.09. The van der Waals surface area contributed by atoms with E-state index in [-0.39, 0.29) is 5.54 Å². The lowest BCUT2D eigenvalue weighted by atomic mass is 10.0. The summed E-state index contributed by atoms with van der Waals surface area (Å²) in [5, 5.41) is 7.60. The lowest BCUT2D eigenvalue weighted by Gasteiger charge is -2.18. The molecule has 0 saturated heterocycles. The predicted molar refractivity (Wildman–Crippen MR) is 74.9 cm³/mol. The van der Waals surface area contributed by atoms with Crippen LogP contribution in [0.25, 0.3) is 5.69 Å². The predicted octanol–water partition coefficient (Wildman–Crippen LogP) is 2.41. The van der Waals surface area contributed by atoms with E-state index >= 15 is 0 Å². The SMILES string of the molecule is CC(C)(N)CCNc1cccc(-n2cccn2)c1. The van der Waals surface area contributed by atoms with Crippen LogP contribution in [0, 0.1) is 0 Å². The Balaban J connectivity index is 2.00. The molecule has 4 nitrogen and oxygen atoms in total. The van der Waals surface area contributed by atoms with E-state index in [1.807, 2.05) is 42.9 Å². The van der Waals surface area contributed by atoms with E-state index in [1.165, 1.54) is 0 Å². The lowest BCUT2D eigenvalue weighted by molar-refractivity contribution is 0.491. The minimum Gasteiger partial charge on any atom is -0.385 e. The Kier molecular flexibility index (Phi) is 3.67. The third-order valence-corrected chi connectivity index (χ3v) is 2.71. The quantitative estimate of drug-likeness (QED) is 0.849. The minimum absolute atomic E-state index is 0.132. The maximum absolute atomic E-state index is 5.95. The van der Waals surface area contributed by atoms with E-state index in [1.54, 1.807) is 6.20 Å². The van der Waals surface area contributed by atoms with Crippen LogP contribution in [0.5, 0.6) is 0 Å². The van der Waals surface area contributed by atoms with Gasteiger partial charge in [0.05, 0.1) is 5.69 Å². The monoisotopic (exact) mass is 244 g/mol. The molecule has 0 aliphatic carbocycles. The number of hydrogen-bond acceptors (Lipinski definition) is 3. The zero-order chi connectivity index (χ0) is 13.0. The fourth-order valence-electron chi connectivity index (χ4n) is 1.71. The van der Waals surface area contributed by atoms with Gasteiger partial charge >= 0.3 is 0 Å². The van der Waals surface area contributed by atoms with Gasteiger partial charge in [0.2, 0.25) is 0 Å². The van der Waals surface area contributed by atoms with Crippen molar-refractivity contribution < 1.29 is 0 Å². The average molecular weight is 244 g/mol. The molecule has 1 aromatic heterocycles. The average Bonchev–Trinajstić information content (AvgIpc) is 2.81. The lowest BCUT2D eigenvalue weighted by Crippen LogP contribution is -2.34. The molecule has 0 aliphatic rings. The third-order valence-electron chi connectivity index (χ3n) is 2.71. The van der Waals surface area contributed by atoms with Crippen molar-refractivity contribution in [2.24, 2.45) is 5.73 Å². The van der Waals surface area contributed by atoms with Gasteiger partial charge in [0.25, 0.3) is 0 Å². The molecule has 2 rings (SSSR count). The first kappa shape index (κ1) is 12.6. The van der Waals surface area contributed by atoms with Gasteiger partial charge in [-0.3, -0.25) is 0 Å². The van der Waals surface area contributed by atoms with E-state index in [9.17, 15) is 0 Å². The van der Waals surface area contributed by atoms with Crippen molar-refractivity contribution in [3.8, 4) is 5.69 Å². The fraction of sp³-hybridized carbons (Fsp3) is 0.357. The van der Waals surface area contributed by atoms with Gasteiger partial charge < -0.3 is 11.1 Å². The van der Waals surface area contributed by atoms with Crippen LogP contribution in [-0.2, 0) is 0 Å². The molecule has 96 valence electrons. The number of rotatable bonds is 5. The van der Waals surface area contributed by atoms with E-state index < -0.39 is 0 Å². The van der Waals surface area contributed by atoms with Crippen LogP contribution in [-0.4, -0.2) is 21.9 Å². The topological polar surface area (TPSA) is 55.9 Å². The molecule has 3 N–H and O–H groups in total. The molecule has 1 aromatic carbocycles. The second-order valence-corrected chi connectivity index (χ2v) is 5.17. The molecule has 0 atom stereocenters. The van der Waals surface area contributed by atoms with E-state index in [4.69, 9.17) is 5.73 Å². The Labute approximate surface area is 108 Å². The largest absolute Gasteiger partial charge is 0.385 e. The maximum atomic E-state index is 5.95. The first-order chi connectivity index (χ1) is 8.54. The maximum Gasteiger partial charge on any atom is 0.0666 e. The van der Waals surface area contributed by atoms with Gasteiger partial charge in [-0.2, -0.15) is 5.10 Å². The zero-order valence-electron chi connectivity index (χ0n) is 10.9. The van der Waals surface area contributed by atoms with Gasteiger partial charge in [-0.15, -0.1) is 0 Å². The highest BCUT2D eigenvalue weighted by atomic mass is 15.3. The van der Waals surface area contributed by atoms with Gasteiger partial charge in [0.15, 0.2) is 0 Å². The number of nitrogens with one attached hydrogen (secondary N) is 1. The Hall–Kier alpha value is -1.81. The molecule has 0 fully saturated rings. The molecule has 4 heteroatoms. The summed E-state index contributed by atoms with van der Waals surface area (Å²) < 4.78 is 1.85. The normalized spacial score (nSPS) is 11.5. The number of nitrogens with zero attached hydrogens (tertiary/aromatic N) is 2. The van der Waals surface area contributed by atoms with Crippen LogP contribution in [0.3, 0.4) is 0 Å². The number of nitrogens with two attached hydrogens (primary N) is 1. The summed E-state index contributed by atoms with van der Waals surface area (Å²) in [6.07, 6.45) is 4.64. The smallest absolute Gasteiger partial charge is 0.0666 e. The minimum atomic E-state index is -0.132. The first-order valence-electron chi connectivity index (χ1n) is 6.17. The van der Waals surface area contributed by atoms with E-state index in [0.29, 0.717) is 0 Å². The molecule has 0 unspecified atom stereocenters. The summed E-state index contributed by atoms with van der Waals surface area (Å²) in [6, 6.07) is 10.1. The molecule has 0 amide bonds. The number of benzene rings is 1. The Morgan fingerprint density at radius 3 is 2.83 bits per heavy atom. The van der Waals surface area contributed by atoms with Crippen molar-refractivity contribution >= 4 is 5.69 Å². The molecule has 2 aromatic rings. The van der Waals surface area contributed by atoms with Crippen molar-refractivity contribution in [2.45, 2.75) is 25.8 Å². The van der Waals surface area contributed by atoms with Crippen LogP contribution in [0.15, 0.2) is 42.7 Å². The van der Waals surface area contributed by atoms with Gasteiger partial charge in [-0.25, -0.2) is 4.68 Å². The Bertz CT molecular complexity index is 483. The number of anilines is 1. The van der Waals surface area contributed by atoms with Crippen LogP contribution in [0.2, 0.25) is 0 Å². The Morgan fingerprint density at radius 1 is 1.33 bits per heavy atom. The summed E-state index contributed by atoms with van der Waals surface area (Å²) in [5.74, 6) is 0. The van der Waals surface area contributed by atoms with Gasteiger partial charge in [-0.1, -0.05) is 6.07 Å². The number of hydrogen-bond donors (Lipinski definition) is 2. The van der Waals surface area contributed by atoms with Crippen molar-refractivity contribution in [1.29, 1.82) is 0 Å². The molecule has 0 aliphatic heterocycles. The summed E-state index contributed by atoms with van der Waals surface area (Å²) in [6.45, 7) is 4.94. The third kappa shape index (κ3) is 3.60. The second-order valence-electron chi connectivity index (χ2n) is 5.17. The van der Waals surface area contributed by atoms with E-state index in [2.05, 4.69) is 22.5 Å². The molecule has 1 heterocycles. The Morgan fingerprint density at radius 2 is 2.17 bits per heavy atom. The molecular weight excluding hydrogens is 224 g/mol. The number of aromatic nitrogens is 2. The highest BCUT2D eigenvalue weighted by Crippen LogP contribution is 2.14. The molecule has 0 spiro atoms.